The zero-order valence-corrected chi connectivity index (χ0v) is 8.42. The molecule has 0 aromatic heterocycles. The van der Waals surface area contributed by atoms with E-state index in [1.165, 1.54) is 0 Å². The second-order valence-corrected chi connectivity index (χ2v) is 3.02. The molecule has 1 saturated carbocycles. The van der Waals surface area contributed by atoms with Crippen LogP contribution >= 0.6 is 0 Å². The van der Waals surface area contributed by atoms with Gasteiger partial charge in [0, 0.05) is 12.3 Å². The van der Waals surface area contributed by atoms with Gasteiger partial charge in [-0.2, -0.15) is 0 Å². The first-order chi connectivity index (χ1) is 6.57. The summed E-state index contributed by atoms with van der Waals surface area (Å²) in [6.45, 7) is 3.49. The van der Waals surface area contributed by atoms with Crippen molar-refractivity contribution in [2.45, 2.75) is 38.6 Å². The Morgan fingerprint density at radius 2 is 1.93 bits per heavy atom. The molecule has 1 rings (SSSR count). The Labute approximate surface area is 83.0 Å². The van der Waals surface area contributed by atoms with Crippen LogP contribution in [0.2, 0.25) is 0 Å². The van der Waals surface area contributed by atoms with Crippen LogP contribution in [0.3, 0.4) is 0 Å². The first-order valence-corrected chi connectivity index (χ1v) is 4.75. The maximum absolute atomic E-state index is 10.8. The van der Waals surface area contributed by atoms with Crippen molar-refractivity contribution in [1.82, 2.24) is 0 Å². The Kier molecular flexibility index (Phi) is 5.87. The molecule has 0 aliphatic heterocycles. The van der Waals surface area contributed by atoms with E-state index in [1.807, 2.05) is 13.8 Å². The Balaban J connectivity index is 0.000000791. The second-order valence-electron chi connectivity index (χ2n) is 3.02. The Hall–Kier alpha value is -0.490. The van der Waals surface area contributed by atoms with Crippen molar-refractivity contribution in [1.29, 1.82) is 0 Å². The van der Waals surface area contributed by atoms with Crippen LogP contribution in [-0.4, -0.2) is 51.1 Å². The molecule has 0 saturated heterocycles. The van der Waals surface area contributed by atoms with Crippen molar-refractivity contribution in [3.8, 4) is 0 Å². The van der Waals surface area contributed by atoms with Gasteiger partial charge < -0.3 is 20.4 Å². The van der Waals surface area contributed by atoms with E-state index in [4.69, 9.17) is 15.3 Å². The molecule has 14 heavy (non-hydrogen) atoms. The number of aliphatic hydroxyl groups is 4. The molecule has 1 fully saturated rings. The highest BCUT2D eigenvalue weighted by molar-refractivity contribution is 5.86. The van der Waals surface area contributed by atoms with Gasteiger partial charge in [-0.3, -0.25) is 4.79 Å². The largest absolute Gasteiger partial charge is 0.394 e. The molecule has 0 radical (unpaired) electrons. The van der Waals surface area contributed by atoms with E-state index in [9.17, 15) is 9.90 Å². The van der Waals surface area contributed by atoms with E-state index in [0.29, 0.717) is 0 Å². The van der Waals surface area contributed by atoms with Gasteiger partial charge in [0.15, 0.2) is 5.78 Å². The van der Waals surface area contributed by atoms with Crippen LogP contribution in [0.15, 0.2) is 0 Å². The van der Waals surface area contributed by atoms with Gasteiger partial charge in [0.25, 0.3) is 0 Å². The number of hydrogen-bond acceptors (Lipinski definition) is 5. The summed E-state index contributed by atoms with van der Waals surface area (Å²) >= 11 is 0. The Morgan fingerprint density at radius 3 is 2.21 bits per heavy atom. The van der Waals surface area contributed by atoms with Crippen molar-refractivity contribution in [2.75, 3.05) is 6.61 Å². The lowest BCUT2D eigenvalue weighted by molar-refractivity contribution is -0.126. The van der Waals surface area contributed by atoms with Crippen molar-refractivity contribution in [3.63, 3.8) is 0 Å². The van der Waals surface area contributed by atoms with E-state index < -0.39 is 36.6 Å². The van der Waals surface area contributed by atoms with Gasteiger partial charge in [-0.05, 0) is 0 Å². The lowest BCUT2D eigenvalue weighted by Crippen LogP contribution is -2.35. The maximum Gasteiger partial charge on any atom is 0.164 e. The summed E-state index contributed by atoms with van der Waals surface area (Å²) in [6.07, 6.45) is -3.87. The SMILES string of the molecule is CC.O=C1CC([C@@H](O)CO)C(O)C1O. The molecule has 0 bridgehead atoms. The average Bonchev–Trinajstić information content (AvgIpc) is 2.48. The van der Waals surface area contributed by atoms with Crippen molar-refractivity contribution >= 4 is 5.78 Å². The molecule has 4 atom stereocenters. The zero-order chi connectivity index (χ0) is 11.3. The fraction of sp³-hybridized carbons (Fsp3) is 0.889. The molecule has 4 N–H and O–H groups in total. The molecular formula is C9H18O5. The van der Waals surface area contributed by atoms with Gasteiger partial charge in [-0.25, -0.2) is 0 Å². The summed E-state index contributed by atoms with van der Waals surface area (Å²) < 4.78 is 0. The molecule has 0 amide bonds. The highest BCUT2D eigenvalue weighted by Crippen LogP contribution is 2.26. The van der Waals surface area contributed by atoms with E-state index in [1.54, 1.807) is 0 Å². The normalized spacial score (nSPS) is 33.6. The predicted molar refractivity (Wildman–Crippen MR) is 49.6 cm³/mol. The van der Waals surface area contributed by atoms with Crippen molar-refractivity contribution < 1.29 is 25.2 Å². The number of carbonyl (C=O) groups is 1. The van der Waals surface area contributed by atoms with Gasteiger partial charge in [0.1, 0.15) is 6.10 Å². The van der Waals surface area contributed by atoms with E-state index in [2.05, 4.69) is 0 Å². The molecule has 84 valence electrons. The molecule has 0 spiro atoms. The fourth-order valence-electron chi connectivity index (χ4n) is 1.40. The number of Topliss-reactive ketones (excluding diaryl/α,β-unsaturated/α-hetero) is 1. The topological polar surface area (TPSA) is 98.0 Å². The smallest absolute Gasteiger partial charge is 0.164 e. The third-order valence-corrected chi connectivity index (χ3v) is 2.21. The lowest BCUT2D eigenvalue weighted by atomic mass is 9.99. The number of hydrogen-bond donors (Lipinski definition) is 4. The summed E-state index contributed by atoms with van der Waals surface area (Å²) in [6, 6.07) is 0. The van der Waals surface area contributed by atoms with Crippen LogP contribution in [0.5, 0.6) is 0 Å². The Bertz CT molecular complexity index is 182. The minimum atomic E-state index is -1.41. The summed E-state index contributed by atoms with van der Waals surface area (Å²) in [7, 11) is 0. The summed E-state index contributed by atoms with van der Waals surface area (Å²) in [5.74, 6) is -1.22. The third-order valence-electron chi connectivity index (χ3n) is 2.21. The van der Waals surface area contributed by atoms with E-state index in [-0.39, 0.29) is 6.42 Å². The monoisotopic (exact) mass is 206 g/mol. The minimum Gasteiger partial charge on any atom is -0.394 e. The van der Waals surface area contributed by atoms with Crippen molar-refractivity contribution in [2.24, 2.45) is 5.92 Å². The van der Waals surface area contributed by atoms with Crippen LogP contribution in [0.1, 0.15) is 20.3 Å². The van der Waals surface area contributed by atoms with Gasteiger partial charge in [0.2, 0.25) is 0 Å². The number of rotatable bonds is 2. The zero-order valence-electron chi connectivity index (χ0n) is 8.42. The first kappa shape index (κ1) is 13.5. The van der Waals surface area contributed by atoms with Gasteiger partial charge in [-0.15, -0.1) is 0 Å². The average molecular weight is 206 g/mol. The molecule has 0 heterocycles. The van der Waals surface area contributed by atoms with E-state index in [0.717, 1.165) is 0 Å². The van der Waals surface area contributed by atoms with Crippen LogP contribution in [0.25, 0.3) is 0 Å². The fourth-order valence-corrected chi connectivity index (χ4v) is 1.40. The quantitative estimate of drug-likeness (QED) is 0.449. The minimum absolute atomic E-state index is 0.0793. The van der Waals surface area contributed by atoms with Crippen LogP contribution < -0.4 is 0 Å². The number of ketones is 1. The molecule has 0 aromatic rings. The molecule has 1 aliphatic rings. The maximum atomic E-state index is 10.8. The highest BCUT2D eigenvalue weighted by Gasteiger charge is 2.43. The standard InChI is InChI=1S/C7H12O5.C2H6/c8-2-5(10)3-1-4(9)7(12)6(3)11;1-2/h3,5-8,10-12H,1-2H2;1-2H3/t3?,5-,6?,7?;/m0./s1. The van der Waals surface area contributed by atoms with Crippen LogP contribution in [0, 0.1) is 5.92 Å². The molecule has 1 aliphatic carbocycles. The summed E-state index contributed by atoms with van der Waals surface area (Å²) in [5, 5.41) is 35.8. The third kappa shape index (κ3) is 2.75. The predicted octanol–water partition coefficient (Wildman–Crippen LogP) is -1.32. The molecular weight excluding hydrogens is 188 g/mol. The number of carbonyl (C=O) groups excluding carboxylic acids is 1. The lowest BCUT2D eigenvalue weighted by Gasteiger charge is -2.19. The second kappa shape index (κ2) is 6.08. The van der Waals surface area contributed by atoms with E-state index >= 15 is 0 Å². The molecule has 0 aromatic carbocycles. The molecule has 5 heteroatoms. The van der Waals surface area contributed by atoms with Gasteiger partial charge in [0.05, 0.1) is 18.8 Å². The van der Waals surface area contributed by atoms with Gasteiger partial charge in [-0.1, -0.05) is 13.8 Å². The Morgan fingerprint density at radius 1 is 1.43 bits per heavy atom. The molecule has 3 unspecified atom stereocenters. The van der Waals surface area contributed by atoms with Crippen LogP contribution in [-0.2, 0) is 4.79 Å². The van der Waals surface area contributed by atoms with Crippen LogP contribution in [0.4, 0.5) is 0 Å². The summed E-state index contributed by atoms with van der Waals surface area (Å²) in [4.78, 5) is 10.8. The first-order valence-electron chi connectivity index (χ1n) is 4.75. The van der Waals surface area contributed by atoms with Crippen molar-refractivity contribution in [3.05, 3.63) is 0 Å². The van der Waals surface area contributed by atoms with Gasteiger partial charge >= 0.3 is 0 Å². The highest BCUT2D eigenvalue weighted by atomic mass is 16.3. The number of aliphatic hydroxyl groups excluding tert-OH is 4. The summed E-state index contributed by atoms with van der Waals surface area (Å²) in [5.41, 5.74) is 0. The molecule has 5 nitrogen and oxygen atoms in total.